The molecule has 2 atom stereocenters. The summed E-state index contributed by atoms with van der Waals surface area (Å²) in [6.07, 6.45) is 0.218. The monoisotopic (exact) mass is 406 g/mol. The van der Waals surface area contributed by atoms with Crippen LogP contribution in [0.25, 0.3) is 0 Å². The topological polar surface area (TPSA) is 84.4 Å². The molecule has 7 nitrogen and oxygen atoms in total. The molecule has 2 amide bonds. The number of anilines is 1. The minimum Gasteiger partial charge on any atom is -0.383 e. The quantitative estimate of drug-likeness (QED) is 0.679. The van der Waals surface area contributed by atoms with Crippen LogP contribution in [0, 0.1) is 5.92 Å². The number of nitrogens with zero attached hydrogens (tertiary/aromatic N) is 3. The maximum absolute atomic E-state index is 12.5. The molecular weight excluding hydrogens is 384 g/mol. The summed E-state index contributed by atoms with van der Waals surface area (Å²) < 4.78 is 5.10. The van der Waals surface area contributed by atoms with Crippen LogP contribution in [0.1, 0.15) is 18.4 Å². The van der Waals surface area contributed by atoms with Crippen LogP contribution in [0.15, 0.2) is 35.2 Å². The van der Waals surface area contributed by atoms with Gasteiger partial charge in [0.1, 0.15) is 5.01 Å². The van der Waals surface area contributed by atoms with E-state index in [2.05, 4.69) is 15.5 Å². The van der Waals surface area contributed by atoms with Crippen LogP contribution < -0.4 is 5.32 Å². The van der Waals surface area contributed by atoms with Crippen molar-refractivity contribution in [2.45, 2.75) is 30.0 Å². The van der Waals surface area contributed by atoms with E-state index in [1.165, 1.54) is 11.3 Å². The van der Waals surface area contributed by atoms with Gasteiger partial charge < -0.3 is 15.0 Å². The number of carbonyl (C=O) groups is 2. The Balaban J connectivity index is 1.51. The minimum atomic E-state index is -0.372. The number of amides is 2. The van der Waals surface area contributed by atoms with E-state index in [4.69, 9.17) is 4.74 Å². The average Bonchev–Trinajstić information content (AvgIpc) is 3.27. The van der Waals surface area contributed by atoms with Crippen LogP contribution >= 0.6 is 23.1 Å². The lowest BCUT2D eigenvalue weighted by Crippen LogP contribution is -2.38. The van der Waals surface area contributed by atoms with Crippen molar-refractivity contribution in [3.05, 3.63) is 35.3 Å². The van der Waals surface area contributed by atoms with E-state index >= 15 is 0 Å². The second kappa shape index (κ2) is 9.29. The predicted molar refractivity (Wildman–Crippen MR) is 106 cm³/mol. The van der Waals surface area contributed by atoms with Gasteiger partial charge in [-0.25, -0.2) is 0 Å². The molecule has 1 aromatic heterocycles. The van der Waals surface area contributed by atoms with Gasteiger partial charge in [0.25, 0.3) is 0 Å². The zero-order valence-electron chi connectivity index (χ0n) is 15.3. The van der Waals surface area contributed by atoms with Gasteiger partial charge in [0, 0.05) is 25.0 Å². The third kappa shape index (κ3) is 5.27. The van der Waals surface area contributed by atoms with E-state index in [9.17, 15) is 9.59 Å². The Bertz CT molecular complexity index is 784. The maximum Gasteiger partial charge on any atom is 0.231 e. The number of aromatic nitrogens is 2. The van der Waals surface area contributed by atoms with Crippen LogP contribution in [0.3, 0.4) is 0 Å². The summed E-state index contributed by atoms with van der Waals surface area (Å²) in [4.78, 5) is 27.5. The van der Waals surface area contributed by atoms with Gasteiger partial charge in [-0.1, -0.05) is 29.5 Å². The van der Waals surface area contributed by atoms with E-state index in [0.717, 1.165) is 9.90 Å². The average molecular weight is 407 g/mol. The summed E-state index contributed by atoms with van der Waals surface area (Å²) in [7, 11) is 1.60. The highest BCUT2D eigenvalue weighted by molar-refractivity contribution is 7.98. The third-order valence-corrected chi connectivity index (χ3v) is 6.32. The summed E-state index contributed by atoms with van der Waals surface area (Å²) in [5.74, 6) is 0.121. The van der Waals surface area contributed by atoms with Crippen LogP contribution in [0.5, 0.6) is 0 Å². The van der Waals surface area contributed by atoms with Gasteiger partial charge in [0.15, 0.2) is 0 Å². The van der Waals surface area contributed by atoms with Gasteiger partial charge in [-0.05, 0) is 19.1 Å². The van der Waals surface area contributed by atoms with Gasteiger partial charge >= 0.3 is 0 Å². The van der Waals surface area contributed by atoms with Crippen molar-refractivity contribution in [3.8, 4) is 0 Å². The Morgan fingerprint density at radius 3 is 2.93 bits per heavy atom. The van der Waals surface area contributed by atoms with Crippen LogP contribution in [-0.2, 0) is 20.1 Å². The molecular formula is C18H22N4O3S2. The number of likely N-dealkylation sites (tertiary alicyclic amines) is 1. The Hall–Kier alpha value is -1.97. The molecule has 3 rings (SSSR count). The van der Waals surface area contributed by atoms with Crippen molar-refractivity contribution >= 4 is 40.0 Å². The SMILES string of the molecule is COC[C@H](C)N1C[C@@H](C(=O)Nc2nnc(CSc3ccccc3)s2)CC1=O. The number of rotatable bonds is 8. The van der Waals surface area contributed by atoms with Gasteiger partial charge in [-0.3, -0.25) is 9.59 Å². The summed E-state index contributed by atoms with van der Waals surface area (Å²) in [6.45, 7) is 2.78. The summed E-state index contributed by atoms with van der Waals surface area (Å²) in [6, 6.07) is 10.0. The molecule has 2 heterocycles. The minimum absolute atomic E-state index is 0.0167. The van der Waals surface area contributed by atoms with E-state index in [1.807, 2.05) is 37.3 Å². The number of hydrogen-bond donors (Lipinski definition) is 1. The molecule has 1 aliphatic rings. The van der Waals surface area contributed by atoms with Gasteiger partial charge in [0.05, 0.1) is 24.3 Å². The van der Waals surface area contributed by atoms with Crippen LogP contribution in [-0.4, -0.2) is 53.2 Å². The summed E-state index contributed by atoms with van der Waals surface area (Å²) in [5, 5.41) is 12.3. The first-order valence-corrected chi connectivity index (χ1v) is 10.5. The van der Waals surface area contributed by atoms with Crippen LogP contribution in [0.2, 0.25) is 0 Å². The van der Waals surface area contributed by atoms with Crippen molar-refractivity contribution < 1.29 is 14.3 Å². The fourth-order valence-corrected chi connectivity index (χ4v) is 4.54. The Morgan fingerprint density at radius 1 is 1.41 bits per heavy atom. The normalized spacial score (nSPS) is 17.9. The molecule has 0 spiro atoms. The van der Waals surface area contributed by atoms with Crippen LogP contribution in [0.4, 0.5) is 5.13 Å². The van der Waals surface area contributed by atoms with Gasteiger partial charge in [-0.15, -0.1) is 22.0 Å². The molecule has 27 heavy (non-hydrogen) atoms. The first-order chi connectivity index (χ1) is 13.1. The Labute approximate surface area is 166 Å². The van der Waals surface area contributed by atoms with E-state index in [-0.39, 0.29) is 30.2 Å². The molecule has 0 aliphatic carbocycles. The molecule has 0 bridgehead atoms. The molecule has 9 heteroatoms. The lowest BCUT2D eigenvalue weighted by Gasteiger charge is -2.23. The lowest BCUT2D eigenvalue weighted by atomic mass is 10.1. The molecule has 1 saturated heterocycles. The number of hydrogen-bond acceptors (Lipinski definition) is 7. The van der Waals surface area contributed by atoms with Gasteiger partial charge in [0.2, 0.25) is 16.9 Å². The molecule has 0 unspecified atom stereocenters. The first-order valence-electron chi connectivity index (χ1n) is 8.66. The van der Waals surface area contributed by atoms with Crippen molar-refractivity contribution in [3.63, 3.8) is 0 Å². The molecule has 0 radical (unpaired) electrons. The number of carbonyl (C=O) groups excluding carboxylic acids is 2. The number of benzene rings is 1. The lowest BCUT2D eigenvalue weighted by molar-refractivity contribution is -0.130. The molecule has 0 saturated carbocycles. The summed E-state index contributed by atoms with van der Waals surface area (Å²) >= 11 is 3.03. The first kappa shape index (κ1) is 19.8. The fraction of sp³-hybridized carbons (Fsp3) is 0.444. The van der Waals surface area contributed by atoms with Crippen molar-refractivity contribution in [2.75, 3.05) is 25.6 Å². The zero-order chi connectivity index (χ0) is 19.2. The number of ether oxygens (including phenoxy) is 1. The number of thioether (sulfide) groups is 1. The second-order valence-electron chi connectivity index (χ2n) is 6.34. The third-order valence-electron chi connectivity index (χ3n) is 4.27. The fourth-order valence-electron chi connectivity index (χ4n) is 2.90. The molecule has 1 aliphatic heterocycles. The van der Waals surface area contributed by atoms with Crippen molar-refractivity contribution in [2.24, 2.45) is 5.92 Å². The van der Waals surface area contributed by atoms with E-state index < -0.39 is 0 Å². The molecule has 2 aromatic rings. The number of methoxy groups -OCH3 is 1. The zero-order valence-corrected chi connectivity index (χ0v) is 16.9. The highest BCUT2D eigenvalue weighted by atomic mass is 32.2. The highest BCUT2D eigenvalue weighted by Gasteiger charge is 2.36. The maximum atomic E-state index is 12.5. The predicted octanol–water partition coefficient (Wildman–Crippen LogP) is 2.65. The van der Waals surface area contributed by atoms with E-state index in [0.29, 0.717) is 24.0 Å². The highest BCUT2D eigenvalue weighted by Crippen LogP contribution is 2.27. The molecule has 1 aromatic carbocycles. The Morgan fingerprint density at radius 2 is 2.19 bits per heavy atom. The largest absolute Gasteiger partial charge is 0.383 e. The summed E-state index contributed by atoms with van der Waals surface area (Å²) in [5.41, 5.74) is 0. The molecule has 1 N–H and O–H groups in total. The number of nitrogens with one attached hydrogen (secondary N) is 1. The molecule has 1 fully saturated rings. The van der Waals surface area contributed by atoms with E-state index in [1.54, 1.807) is 23.8 Å². The smallest absolute Gasteiger partial charge is 0.231 e. The molecule has 144 valence electrons. The second-order valence-corrected chi connectivity index (χ2v) is 8.45. The Kier molecular flexibility index (Phi) is 6.81. The van der Waals surface area contributed by atoms with Gasteiger partial charge in [-0.2, -0.15) is 0 Å². The van der Waals surface area contributed by atoms with Crippen molar-refractivity contribution in [1.29, 1.82) is 0 Å². The standard InChI is InChI=1S/C18H22N4O3S2/c1-12(10-25-2)22-9-13(8-16(22)23)17(24)19-18-21-20-15(27-18)11-26-14-6-4-3-5-7-14/h3-7,12-13H,8-11H2,1-2H3,(H,19,21,24)/t12-,13-/m0/s1. The van der Waals surface area contributed by atoms with Crippen molar-refractivity contribution in [1.82, 2.24) is 15.1 Å².